The van der Waals surface area contributed by atoms with Gasteiger partial charge in [0.1, 0.15) is 5.69 Å². The molecule has 0 fully saturated rings. The van der Waals surface area contributed by atoms with E-state index in [2.05, 4.69) is 15.5 Å². The van der Waals surface area contributed by atoms with E-state index in [0.29, 0.717) is 12.2 Å². The van der Waals surface area contributed by atoms with E-state index in [1.54, 1.807) is 17.8 Å². The molecule has 6 heteroatoms. The minimum atomic E-state index is -0.108. The van der Waals surface area contributed by atoms with Crippen LogP contribution in [0.5, 0.6) is 0 Å². The van der Waals surface area contributed by atoms with Crippen LogP contribution in [0.1, 0.15) is 21.7 Å². The van der Waals surface area contributed by atoms with E-state index in [4.69, 9.17) is 0 Å². The van der Waals surface area contributed by atoms with E-state index in [-0.39, 0.29) is 5.91 Å². The summed E-state index contributed by atoms with van der Waals surface area (Å²) in [7, 11) is 1.77. The van der Waals surface area contributed by atoms with Crippen LogP contribution in [0.2, 0.25) is 0 Å². The van der Waals surface area contributed by atoms with E-state index >= 15 is 0 Å². The highest BCUT2D eigenvalue weighted by atomic mass is 16.2. The maximum absolute atomic E-state index is 12.1. The van der Waals surface area contributed by atoms with Crippen LogP contribution in [0.15, 0.2) is 48.8 Å². The third-order valence-corrected chi connectivity index (χ3v) is 3.59. The van der Waals surface area contributed by atoms with Crippen LogP contribution in [0, 0.1) is 6.92 Å². The lowest BCUT2D eigenvalue weighted by molar-refractivity contribution is 0.0944. The van der Waals surface area contributed by atoms with E-state index in [0.717, 1.165) is 23.4 Å². The van der Waals surface area contributed by atoms with Crippen LogP contribution < -0.4 is 5.32 Å². The highest BCUT2D eigenvalue weighted by Crippen LogP contribution is 2.08. The zero-order valence-corrected chi connectivity index (χ0v) is 13.2. The van der Waals surface area contributed by atoms with Crippen molar-refractivity contribution < 1.29 is 4.79 Å². The van der Waals surface area contributed by atoms with Crippen molar-refractivity contribution in [3.63, 3.8) is 0 Å². The van der Waals surface area contributed by atoms with Crippen molar-refractivity contribution in [3.05, 3.63) is 65.7 Å². The quantitative estimate of drug-likeness (QED) is 0.783. The fourth-order valence-corrected chi connectivity index (χ4v) is 2.45. The molecular weight excluding hydrogens is 290 g/mol. The van der Waals surface area contributed by atoms with Crippen molar-refractivity contribution in [2.75, 3.05) is 6.54 Å². The molecule has 0 aliphatic heterocycles. The predicted octanol–water partition coefficient (Wildman–Crippen LogP) is 1.89. The first-order valence-electron chi connectivity index (χ1n) is 7.51. The SMILES string of the molecule is Cc1cc(C(=O)NCCc2cnn(-c3ccccc3)c2)n(C)n1. The van der Waals surface area contributed by atoms with Gasteiger partial charge < -0.3 is 5.32 Å². The minimum absolute atomic E-state index is 0.108. The average molecular weight is 309 g/mol. The Morgan fingerprint density at radius 2 is 2.04 bits per heavy atom. The average Bonchev–Trinajstić information content (AvgIpc) is 3.14. The maximum atomic E-state index is 12.1. The van der Waals surface area contributed by atoms with Gasteiger partial charge in [-0.25, -0.2) is 4.68 Å². The zero-order chi connectivity index (χ0) is 16.2. The van der Waals surface area contributed by atoms with Crippen LogP contribution in [-0.2, 0) is 13.5 Å². The van der Waals surface area contributed by atoms with Crippen molar-refractivity contribution in [2.45, 2.75) is 13.3 Å². The summed E-state index contributed by atoms with van der Waals surface area (Å²) in [5.41, 5.74) is 3.51. The summed E-state index contributed by atoms with van der Waals surface area (Å²) in [4.78, 5) is 12.1. The lowest BCUT2D eigenvalue weighted by Gasteiger charge is -2.04. The Bertz CT molecular complexity index is 804. The van der Waals surface area contributed by atoms with Gasteiger partial charge in [-0.3, -0.25) is 9.48 Å². The lowest BCUT2D eigenvalue weighted by Crippen LogP contribution is -2.27. The molecule has 0 spiro atoms. The Kier molecular flexibility index (Phi) is 4.23. The van der Waals surface area contributed by atoms with Gasteiger partial charge in [-0.15, -0.1) is 0 Å². The highest BCUT2D eigenvalue weighted by Gasteiger charge is 2.11. The second-order valence-corrected chi connectivity index (χ2v) is 5.43. The maximum Gasteiger partial charge on any atom is 0.269 e. The fourth-order valence-electron chi connectivity index (χ4n) is 2.45. The molecule has 3 aromatic rings. The second kappa shape index (κ2) is 6.48. The molecule has 0 aliphatic rings. The minimum Gasteiger partial charge on any atom is -0.350 e. The number of carbonyl (C=O) groups excluding carboxylic acids is 1. The van der Waals surface area contributed by atoms with Gasteiger partial charge in [-0.05, 0) is 37.1 Å². The summed E-state index contributed by atoms with van der Waals surface area (Å²) < 4.78 is 3.43. The van der Waals surface area contributed by atoms with Crippen LogP contribution >= 0.6 is 0 Å². The van der Waals surface area contributed by atoms with Crippen molar-refractivity contribution in [1.82, 2.24) is 24.9 Å². The lowest BCUT2D eigenvalue weighted by atomic mass is 10.2. The number of para-hydroxylation sites is 1. The molecular formula is C17H19N5O. The monoisotopic (exact) mass is 309 g/mol. The summed E-state index contributed by atoms with van der Waals surface area (Å²) in [5.74, 6) is -0.108. The van der Waals surface area contributed by atoms with Crippen molar-refractivity contribution >= 4 is 5.91 Å². The molecule has 0 unspecified atom stereocenters. The molecule has 6 nitrogen and oxygen atoms in total. The molecule has 1 aromatic carbocycles. The van der Waals surface area contributed by atoms with Crippen molar-refractivity contribution in [2.24, 2.45) is 7.05 Å². The first-order chi connectivity index (χ1) is 11.1. The molecule has 0 saturated carbocycles. The largest absolute Gasteiger partial charge is 0.350 e. The molecule has 23 heavy (non-hydrogen) atoms. The Morgan fingerprint density at radius 3 is 2.74 bits per heavy atom. The molecule has 0 bridgehead atoms. The van der Waals surface area contributed by atoms with Crippen LogP contribution in [0.4, 0.5) is 0 Å². The first kappa shape index (κ1) is 15.0. The van der Waals surface area contributed by atoms with Crippen LogP contribution in [-0.4, -0.2) is 32.0 Å². The first-order valence-corrected chi connectivity index (χ1v) is 7.51. The molecule has 2 heterocycles. The summed E-state index contributed by atoms with van der Waals surface area (Å²) in [5, 5.41) is 11.4. The van der Waals surface area contributed by atoms with Crippen molar-refractivity contribution in [1.29, 1.82) is 0 Å². The molecule has 0 aliphatic carbocycles. The number of aromatic nitrogens is 4. The molecule has 0 radical (unpaired) electrons. The van der Waals surface area contributed by atoms with Gasteiger partial charge in [0.25, 0.3) is 5.91 Å². The van der Waals surface area contributed by atoms with Gasteiger partial charge in [-0.1, -0.05) is 18.2 Å². The predicted molar refractivity (Wildman–Crippen MR) is 87.5 cm³/mol. The number of benzene rings is 1. The summed E-state index contributed by atoms with van der Waals surface area (Å²) in [6.07, 6.45) is 4.54. The Morgan fingerprint density at radius 1 is 1.26 bits per heavy atom. The van der Waals surface area contributed by atoms with E-state index in [9.17, 15) is 4.79 Å². The number of amides is 1. The number of hydrogen-bond acceptors (Lipinski definition) is 3. The smallest absolute Gasteiger partial charge is 0.269 e. The zero-order valence-electron chi connectivity index (χ0n) is 13.2. The number of nitrogens with one attached hydrogen (secondary N) is 1. The number of aryl methyl sites for hydroxylation is 2. The molecule has 1 amide bonds. The standard InChI is InChI=1S/C17H19N5O/c1-13-10-16(21(2)20-13)17(23)18-9-8-14-11-19-22(12-14)15-6-4-3-5-7-15/h3-7,10-12H,8-9H2,1-2H3,(H,18,23). The topological polar surface area (TPSA) is 64.7 Å². The highest BCUT2D eigenvalue weighted by molar-refractivity contribution is 5.92. The normalized spacial score (nSPS) is 10.7. The van der Waals surface area contributed by atoms with Gasteiger partial charge in [0.2, 0.25) is 0 Å². The van der Waals surface area contributed by atoms with Crippen molar-refractivity contribution in [3.8, 4) is 5.69 Å². The number of hydrogen-bond donors (Lipinski definition) is 1. The van der Waals surface area contributed by atoms with E-state index < -0.39 is 0 Å². The van der Waals surface area contributed by atoms with Gasteiger partial charge in [0.05, 0.1) is 17.6 Å². The number of carbonyl (C=O) groups is 1. The summed E-state index contributed by atoms with van der Waals surface area (Å²) >= 11 is 0. The third-order valence-electron chi connectivity index (χ3n) is 3.59. The van der Waals surface area contributed by atoms with E-state index in [1.165, 1.54) is 0 Å². The van der Waals surface area contributed by atoms with Crippen LogP contribution in [0.3, 0.4) is 0 Å². The molecule has 0 saturated heterocycles. The fraction of sp³-hybridized carbons (Fsp3) is 0.235. The van der Waals surface area contributed by atoms with Crippen LogP contribution in [0.25, 0.3) is 5.69 Å². The Balaban J connectivity index is 1.56. The molecule has 1 N–H and O–H groups in total. The van der Waals surface area contributed by atoms with Gasteiger partial charge in [0, 0.05) is 19.8 Å². The van der Waals surface area contributed by atoms with Gasteiger partial charge >= 0.3 is 0 Å². The molecule has 3 rings (SSSR count). The summed E-state index contributed by atoms with van der Waals surface area (Å²) in [6, 6.07) is 11.7. The third kappa shape index (κ3) is 3.48. The Hall–Kier alpha value is -2.89. The number of nitrogens with zero attached hydrogens (tertiary/aromatic N) is 4. The van der Waals surface area contributed by atoms with Gasteiger partial charge in [-0.2, -0.15) is 10.2 Å². The van der Waals surface area contributed by atoms with E-state index in [1.807, 2.05) is 54.3 Å². The molecule has 0 atom stereocenters. The van der Waals surface area contributed by atoms with Gasteiger partial charge in [0.15, 0.2) is 0 Å². The molecule has 2 aromatic heterocycles. The Labute approximate surface area is 134 Å². The number of rotatable bonds is 5. The molecule has 118 valence electrons. The summed E-state index contributed by atoms with van der Waals surface area (Å²) in [6.45, 7) is 2.43. The second-order valence-electron chi connectivity index (χ2n) is 5.43.